The predicted octanol–water partition coefficient (Wildman–Crippen LogP) is 5.28. The number of aryl methyl sites for hydroxylation is 2. The fourth-order valence-corrected chi connectivity index (χ4v) is 2.89. The van der Waals surface area contributed by atoms with Crippen LogP contribution in [0.5, 0.6) is 0 Å². The van der Waals surface area contributed by atoms with E-state index in [-0.39, 0.29) is 0 Å². The van der Waals surface area contributed by atoms with Crippen LogP contribution in [0, 0.1) is 17.4 Å². The third-order valence-corrected chi connectivity index (χ3v) is 4.13. The zero-order chi connectivity index (χ0) is 13.1. The molecule has 94 valence electrons. The molecule has 3 heteroatoms. The molecule has 18 heavy (non-hydrogen) atoms. The maximum absolute atomic E-state index is 3.50. The van der Waals surface area contributed by atoms with Crippen LogP contribution in [-0.2, 0) is 6.54 Å². The van der Waals surface area contributed by atoms with Crippen LogP contribution in [0.3, 0.4) is 0 Å². The summed E-state index contributed by atoms with van der Waals surface area (Å²) >= 11 is 5.85. The Kier molecular flexibility index (Phi) is 4.67. The van der Waals surface area contributed by atoms with E-state index in [1.165, 1.54) is 25.9 Å². The summed E-state index contributed by atoms with van der Waals surface area (Å²) < 4.78 is 2.34. The van der Waals surface area contributed by atoms with Crippen molar-refractivity contribution in [2.75, 3.05) is 5.32 Å². The van der Waals surface area contributed by atoms with Gasteiger partial charge in [-0.05, 0) is 60.2 Å². The highest BCUT2D eigenvalue weighted by Crippen LogP contribution is 2.23. The van der Waals surface area contributed by atoms with Crippen molar-refractivity contribution in [3.05, 3.63) is 61.1 Å². The second-order valence-corrected chi connectivity index (χ2v) is 6.55. The van der Waals surface area contributed by atoms with Crippen molar-refractivity contribution < 1.29 is 0 Å². The maximum Gasteiger partial charge on any atom is 0.0489 e. The number of anilines is 1. The van der Waals surface area contributed by atoms with Crippen molar-refractivity contribution >= 4 is 44.2 Å². The number of hydrogen-bond donors (Lipinski definition) is 1. The van der Waals surface area contributed by atoms with Gasteiger partial charge in [0.1, 0.15) is 0 Å². The van der Waals surface area contributed by atoms with Gasteiger partial charge in [-0.2, -0.15) is 0 Å². The SMILES string of the molecule is Cc1cc(C)cc(CNc2cc(Br)ccc2I)c1. The minimum Gasteiger partial charge on any atom is -0.380 e. The lowest BCUT2D eigenvalue weighted by atomic mass is 10.1. The van der Waals surface area contributed by atoms with E-state index in [1.807, 2.05) is 0 Å². The zero-order valence-corrected chi connectivity index (χ0v) is 14.2. The van der Waals surface area contributed by atoms with E-state index in [2.05, 4.69) is 94.1 Å². The molecule has 2 aromatic carbocycles. The molecule has 0 atom stereocenters. The largest absolute Gasteiger partial charge is 0.380 e. The van der Waals surface area contributed by atoms with Crippen LogP contribution < -0.4 is 5.32 Å². The van der Waals surface area contributed by atoms with Crippen molar-refractivity contribution in [1.29, 1.82) is 0 Å². The quantitative estimate of drug-likeness (QED) is 0.672. The van der Waals surface area contributed by atoms with Gasteiger partial charge < -0.3 is 5.32 Å². The molecule has 1 nitrogen and oxygen atoms in total. The Balaban J connectivity index is 2.13. The molecule has 0 aromatic heterocycles. The highest BCUT2D eigenvalue weighted by Gasteiger charge is 2.01. The number of rotatable bonds is 3. The second-order valence-electron chi connectivity index (χ2n) is 4.47. The Morgan fingerprint density at radius 3 is 2.39 bits per heavy atom. The average Bonchev–Trinajstić information content (AvgIpc) is 2.29. The van der Waals surface area contributed by atoms with E-state index < -0.39 is 0 Å². The van der Waals surface area contributed by atoms with E-state index >= 15 is 0 Å². The van der Waals surface area contributed by atoms with Crippen LogP contribution in [-0.4, -0.2) is 0 Å². The molecule has 0 aliphatic heterocycles. The van der Waals surface area contributed by atoms with E-state index in [0.717, 1.165) is 11.0 Å². The lowest BCUT2D eigenvalue weighted by molar-refractivity contribution is 1.13. The Bertz CT molecular complexity index is 546. The molecule has 0 spiro atoms. The molecule has 2 aromatic rings. The van der Waals surface area contributed by atoms with Crippen LogP contribution in [0.25, 0.3) is 0 Å². The van der Waals surface area contributed by atoms with Crippen molar-refractivity contribution in [3.8, 4) is 0 Å². The van der Waals surface area contributed by atoms with Gasteiger partial charge in [0.15, 0.2) is 0 Å². The molecule has 2 rings (SSSR count). The fraction of sp³-hybridized carbons (Fsp3) is 0.200. The molecular weight excluding hydrogens is 401 g/mol. The average molecular weight is 416 g/mol. The van der Waals surface area contributed by atoms with Crippen molar-refractivity contribution in [3.63, 3.8) is 0 Å². The van der Waals surface area contributed by atoms with Crippen LogP contribution >= 0.6 is 38.5 Å². The summed E-state index contributed by atoms with van der Waals surface area (Å²) in [5.74, 6) is 0. The zero-order valence-electron chi connectivity index (χ0n) is 10.4. The van der Waals surface area contributed by atoms with E-state index in [0.29, 0.717) is 0 Å². The van der Waals surface area contributed by atoms with Gasteiger partial charge in [0.2, 0.25) is 0 Å². The molecule has 0 aliphatic rings. The van der Waals surface area contributed by atoms with Crippen LogP contribution in [0.2, 0.25) is 0 Å². The number of halogens is 2. The predicted molar refractivity (Wildman–Crippen MR) is 90.1 cm³/mol. The highest BCUT2D eigenvalue weighted by molar-refractivity contribution is 14.1. The van der Waals surface area contributed by atoms with E-state index in [4.69, 9.17) is 0 Å². The minimum atomic E-state index is 0.856. The number of hydrogen-bond acceptors (Lipinski definition) is 1. The Labute approximate surface area is 130 Å². The summed E-state index contributed by atoms with van der Waals surface area (Å²) in [5.41, 5.74) is 5.12. The first-order valence-corrected chi connectivity index (χ1v) is 7.68. The smallest absolute Gasteiger partial charge is 0.0489 e. The Hall–Kier alpha value is -0.550. The third-order valence-electron chi connectivity index (χ3n) is 2.69. The molecule has 0 saturated carbocycles. The highest BCUT2D eigenvalue weighted by atomic mass is 127. The molecule has 0 unspecified atom stereocenters. The lowest BCUT2D eigenvalue weighted by Crippen LogP contribution is -2.01. The molecule has 0 heterocycles. The standard InChI is InChI=1S/C15H15BrIN/c1-10-5-11(2)7-12(6-10)9-18-15-8-13(16)3-4-14(15)17/h3-8,18H,9H2,1-2H3. The summed E-state index contributed by atoms with van der Waals surface area (Å²) in [6, 6.07) is 12.9. The summed E-state index contributed by atoms with van der Waals surface area (Å²) in [7, 11) is 0. The van der Waals surface area contributed by atoms with Gasteiger partial charge in [-0.25, -0.2) is 0 Å². The monoisotopic (exact) mass is 415 g/mol. The van der Waals surface area contributed by atoms with Gasteiger partial charge in [0.25, 0.3) is 0 Å². The first kappa shape index (κ1) is 13.9. The first-order valence-electron chi connectivity index (χ1n) is 5.81. The van der Waals surface area contributed by atoms with Gasteiger partial charge in [-0.1, -0.05) is 45.3 Å². The Morgan fingerprint density at radius 2 is 1.72 bits per heavy atom. The van der Waals surface area contributed by atoms with Gasteiger partial charge in [0, 0.05) is 20.3 Å². The van der Waals surface area contributed by atoms with Gasteiger partial charge in [0.05, 0.1) is 0 Å². The second kappa shape index (κ2) is 6.06. The molecule has 1 N–H and O–H groups in total. The summed E-state index contributed by atoms with van der Waals surface area (Å²) in [4.78, 5) is 0. The van der Waals surface area contributed by atoms with Gasteiger partial charge >= 0.3 is 0 Å². The molecule has 0 radical (unpaired) electrons. The van der Waals surface area contributed by atoms with Crippen molar-refractivity contribution in [2.45, 2.75) is 20.4 Å². The van der Waals surface area contributed by atoms with Crippen LogP contribution in [0.15, 0.2) is 40.9 Å². The van der Waals surface area contributed by atoms with Crippen LogP contribution in [0.1, 0.15) is 16.7 Å². The van der Waals surface area contributed by atoms with Crippen molar-refractivity contribution in [2.24, 2.45) is 0 Å². The van der Waals surface area contributed by atoms with Crippen LogP contribution in [0.4, 0.5) is 5.69 Å². The topological polar surface area (TPSA) is 12.0 Å². The molecule has 0 saturated heterocycles. The summed E-state index contributed by atoms with van der Waals surface area (Å²) in [6.07, 6.45) is 0. The number of benzene rings is 2. The van der Waals surface area contributed by atoms with Gasteiger partial charge in [-0.3, -0.25) is 0 Å². The third kappa shape index (κ3) is 3.72. The summed E-state index contributed by atoms with van der Waals surface area (Å²) in [5, 5.41) is 3.49. The first-order chi connectivity index (χ1) is 8.54. The lowest BCUT2D eigenvalue weighted by Gasteiger charge is -2.10. The fourth-order valence-electron chi connectivity index (χ4n) is 2.00. The number of nitrogens with one attached hydrogen (secondary N) is 1. The molecule has 0 bridgehead atoms. The summed E-state index contributed by atoms with van der Waals surface area (Å²) in [6.45, 7) is 5.13. The van der Waals surface area contributed by atoms with E-state index in [9.17, 15) is 0 Å². The molecule has 0 fully saturated rings. The molecular formula is C15H15BrIN. The maximum atomic E-state index is 3.50. The normalized spacial score (nSPS) is 10.4. The minimum absolute atomic E-state index is 0.856. The Morgan fingerprint density at radius 1 is 1.06 bits per heavy atom. The van der Waals surface area contributed by atoms with Crippen molar-refractivity contribution in [1.82, 2.24) is 0 Å². The molecule has 0 aliphatic carbocycles. The van der Waals surface area contributed by atoms with E-state index in [1.54, 1.807) is 0 Å². The van der Waals surface area contributed by atoms with Gasteiger partial charge in [-0.15, -0.1) is 0 Å². The molecule has 0 amide bonds.